The molecule has 1 amide bonds. The van der Waals surface area contributed by atoms with Gasteiger partial charge in [0.05, 0.1) is 23.5 Å². The highest BCUT2D eigenvalue weighted by molar-refractivity contribution is 7.89. The highest BCUT2D eigenvalue weighted by Crippen LogP contribution is 2.11. The van der Waals surface area contributed by atoms with Crippen LogP contribution in [0.2, 0.25) is 0 Å². The number of imidazole rings is 1. The molecule has 2 rings (SSSR count). The van der Waals surface area contributed by atoms with Crippen LogP contribution < -0.4 is 10.0 Å². The third-order valence-electron chi connectivity index (χ3n) is 2.82. The molecule has 0 radical (unpaired) electrons. The van der Waals surface area contributed by atoms with E-state index in [0.29, 0.717) is 0 Å². The Bertz CT molecular complexity index is 754. The lowest BCUT2D eigenvalue weighted by Gasteiger charge is -2.07. The predicted octanol–water partition coefficient (Wildman–Crippen LogP) is 0.804. The van der Waals surface area contributed by atoms with Crippen LogP contribution >= 0.6 is 0 Å². The van der Waals surface area contributed by atoms with E-state index in [2.05, 4.69) is 26.6 Å². The molecule has 0 fully saturated rings. The lowest BCUT2D eigenvalue weighted by molar-refractivity contribution is 0.0950. The molecule has 0 saturated carbocycles. The topological polar surface area (TPSA) is 104 Å². The number of carbonyl (C=O) groups is 1. The van der Waals surface area contributed by atoms with Gasteiger partial charge in [0.25, 0.3) is 5.91 Å². The fraction of sp³-hybridized carbons (Fsp3) is 0.143. The zero-order chi connectivity index (χ0) is 16.0. The zero-order valence-electron chi connectivity index (χ0n) is 11.7. The van der Waals surface area contributed by atoms with E-state index in [1.165, 1.54) is 30.6 Å². The van der Waals surface area contributed by atoms with Crippen molar-refractivity contribution in [3.8, 4) is 0 Å². The quantitative estimate of drug-likeness (QED) is 0.656. The number of benzene rings is 1. The summed E-state index contributed by atoms with van der Waals surface area (Å²) in [6, 6.07) is 5.83. The molecule has 1 aromatic heterocycles. The lowest BCUT2D eigenvalue weighted by Crippen LogP contribution is -2.25. The average Bonchev–Trinajstić information content (AvgIpc) is 3.04. The summed E-state index contributed by atoms with van der Waals surface area (Å²) in [6.07, 6.45) is 4.55. The van der Waals surface area contributed by atoms with Gasteiger partial charge in [0.1, 0.15) is 0 Å². The molecule has 0 bridgehead atoms. The summed E-state index contributed by atoms with van der Waals surface area (Å²) < 4.78 is 26.4. The summed E-state index contributed by atoms with van der Waals surface area (Å²) in [4.78, 5) is 18.8. The first-order chi connectivity index (χ1) is 10.5. The number of amides is 1. The van der Waals surface area contributed by atoms with Crippen LogP contribution in [-0.4, -0.2) is 30.8 Å². The zero-order valence-corrected chi connectivity index (χ0v) is 12.6. The lowest BCUT2D eigenvalue weighted by atomic mass is 10.2. The predicted molar refractivity (Wildman–Crippen MR) is 81.6 cm³/mol. The standard InChI is InChI=1S/C14H16N4O3S/c1-2-6-18-22(20,21)13-5-3-4-11(7-13)14(19)16-9-12-8-15-10-17-12/h2-5,7-8,10,18H,1,6,9H2,(H,15,17)(H,16,19). The number of aromatic nitrogens is 2. The van der Waals surface area contributed by atoms with Crippen LogP contribution in [0.3, 0.4) is 0 Å². The molecule has 0 aliphatic carbocycles. The van der Waals surface area contributed by atoms with Crippen molar-refractivity contribution in [3.63, 3.8) is 0 Å². The van der Waals surface area contributed by atoms with E-state index in [9.17, 15) is 13.2 Å². The van der Waals surface area contributed by atoms with Crippen LogP contribution in [0.1, 0.15) is 16.1 Å². The van der Waals surface area contributed by atoms with E-state index in [1.807, 2.05) is 0 Å². The molecule has 0 atom stereocenters. The van der Waals surface area contributed by atoms with Crippen LogP contribution in [0.15, 0.2) is 54.3 Å². The number of carbonyl (C=O) groups excluding carboxylic acids is 1. The van der Waals surface area contributed by atoms with Gasteiger partial charge in [-0.1, -0.05) is 12.1 Å². The van der Waals surface area contributed by atoms with Crippen molar-refractivity contribution in [2.45, 2.75) is 11.4 Å². The first-order valence-corrected chi connectivity index (χ1v) is 7.97. The van der Waals surface area contributed by atoms with Gasteiger partial charge in [0, 0.05) is 18.3 Å². The molecule has 0 aliphatic rings. The number of aromatic amines is 1. The molecule has 22 heavy (non-hydrogen) atoms. The fourth-order valence-corrected chi connectivity index (χ4v) is 2.76. The Morgan fingerprint density at radius 3 is 2.91 bits per heavy atom. The molecule has 0 saturated heterocycles. The van der Waals surface area contributed by atoms with Gasteiger partial charge in [-0.05, 0) is 18.2 Å². The number of H-pyrrole nitrogens is 1. The van der Waals surface area contributed by atoms with Crippen LogP contribution in [-0.2, 0) is 16.6 Å². The van der Waals surface area contributed by atoms with E-state index in [-0.39, 0.29) is 29.5 Å². The molecule has 7 nitrogen and oxygen atoms in total. The van der Waals surface area contributed by atoms with E-state index in [1.54, 1.807) is 12.3 Å². The summed E-state index contributed by atoms with van der Waals surface area (Å²) in [5.74, 6) is -0.365. The highest BCUT2D eigenvalue weighted by atomic mass is 32.2. The Morgan fingerprint density at radius 1 is 1.41 bits per heavy atom. The number of nitrogens with one attached hydrogen (secondary N) is 3. The van der Waals surface area contributed by atoms with Gasteiger partial charge in [-0.3, -0.25) is 4.79 Å². The van der Waals surface area contributed by atoms with Crippen LogP contribution in [0.25, 0.3) is 0 Å². The van der Waals surface area contributed by atoms with E-state index in [4.69, 9.17) is 0 Å². The Kier molecular flexibility index (Phi) is 5.08. The molecule has 1 aromatic carbocycles. The number of sulfonamides is 1. The maximum Gasteiger partial charge on any atom is 0.251 e. The maximum atomic E-state index is 12.1. The molecular formula is C14H16N4O3S. The van der Waals surface area contributed by atoms with Crippen LogP contribution in [0, 0.1) is 0 Å². The summed E-state index contributed by atoms with van der Waals surface area (Å²) in [6.45, 7) is 3.86. The minimum atomic E-state index is -3.65. The summed E-state index contributed by atoms with van der Waals surface area (Å²) in [5.41, 5.74) is 1.02. The van der Waals surface area contributed by atoms with E-state index < -0.39 is 10.0 Å². The van der Waals surface area contributed by atoms with E-state index in [0.717, 1.165) is 5.69 Å². The number of rotatable bonds is 7. The number of hydrogen-bond donors (Lipinski definition) is 3. The number of hydrogen-bond acceptors (Lipinski definition) is 4. The molecule has 3 N–H and O–H groups in total. The minimum absolute atomic E-state index is 0.0311. The maximum absolute atomic E-state index is 12.1. The van der Waals surface area contributed by atoms with Gasteiger partial charge < -0.3 is 10.3 Å². The van der Waals surface area contributed by atoms with Crippen molar-refractivity contribution >= 4 is 15.9 Å². The highest BCUT2D eigenvalue weighted by Gasteiger charge is 2.15. The molecule has 116 valence electrons. The van der Waals surface area contributed by atoms with Crippen molar-refractivity contribution in [2.75, 3.05) is 6.54 Å². The third-order valence-corrected chi connectivity index (χ3v) is 4.24. The minimum Gasteiger partial charge on any atom is -0.347 e. The summed E-state index contributed by atoms with van der Waals surface area (Å²) in [7, 11) is -3.65. The first kappa shape index (κ1) is 15.9. The van der Waals surface area contributed by atoms with Crippen LogP contribution in [0.4, 0.5) is 0 Å². The first-order valence-electron chi connectivity index (χ1n) is 6.49. The second-order valence-corrected chi connectivity index (χ2v) is 6.19. The molecule has 0 aliphatic heterocycles. The monoisotopic (exact) mass is 320 g/mol. The molecular weight excluding hydrogens is 304 g/mol. The molecule has 1 heterocycles. The fourth-order valence-electron chi connectivity index (χ4n) is 1.72. The van der Waals surface area contributed by atoms with Gasteiger partial charge in [-0.25, -0.2) is 18.1 Å². The Labute approximate surface area is 128 Å². The number of nitrogens with zero attached hydrogens (tertiary/aromatic N) is 1. The second-order valence-electron chi connectivity index (χ2n) is 4.43. The van der Waals surface area contributed by atoms with Gasteiger partial charge in [0.2, 0.25) is 10.0 Å². The third kappa shape index (κ3) is 4.03. The molecule has 8 heteroatoms. The van der Waals surface area contributed by atoms with Gasteiger partial charge in [-0.15, -0.1) is 6.58 Å². The smallest absolute Gasteiger partial charge is 0.251 e. The summed E-state index contributed by atoms with van der Waals surface area (Å²) >= 11 is 0. The normalized spacial score (nSPS) is 11.1. The van der Waals surface area contributed by atoms with Gasteiger partial charge in [0.15, 0.2) is 0 Å². The Balaban J connectivity index is 2.10. The van der Waals surface area contributed by atoms with Crippen molar-refractivity contribution in [3.05, 3.63) is 60.7 Å². The van der Waals surface area contributed by atoms with Crippen molar-refractivity contribution in [2.24, 2.45) is 0 Å². The van der Waals surface area contributed by atoms with Gasteiger partial charge >= 0.3 is 0 Å². The van der Waals surface area contributed by atoms with E-state index >= 15 is 0 Å². The van der Waals surface area contributed by atoms with Crippen LogP contribution in [0.5, 0.6) is 0 Å². The van der Waals surface area contributed by atoms with Gasteiger partial charge in [-0.2, -0.15) is 0 Å². The molecule has 2 aromatic rings. The largest absolute Gasteiger partial charge is 0.347 e. The van der Waals surface area contributed by atoms with Crippen molar-refractivity contribution in [1.29, 1.82) is 0 Å². The summed E-state index contributed by atoms with van der Waals surface area (Å²) in [5, 5.41) is 2.68. The van der Waals surface area contributed by atoms with Crippen molar-refractivity contribution < 1.29 is 13.2 Å². The Morgan fingerprint density at radius 2 is 2.23 bits per heavy atom. The SMILES string of the molecule is C=CCNS(=O)(=O)c1cccc(C(=O)NCc2cnc[nH]2)c1. The molecule has 0 spiro atoms. The Hall–Kier alpha value is -2.45. The molecule has 0 unspecified atom stereocenters. The van der Waals surface area contributed by atoms with Crippen molar-refractivity contribution in [1.82, 2.24) is 20.0 Å². The second kappa shape index (κ2) is 7.01. The average molecular weight is 320 g/mol.